The first-order valence-electron chi connectivity index (χ1n) is 3.68. The van der Waals surface area contributed by atoms with Gasteiger partial charge < -0.3 is 9.68 Å². The highest BCUT2D eigenvalue weighted by Crippen LogP contribution is 2.25. The minimum atomic E-state index is -1.03. The van der Waals surface area contributed by atoms with Gasteiger partial charge in [-0.15, -0.1) is 4.91 Å². The van der Waals surface area contributed by atoms with Crippen molar-refractivity contribution >= 4 is 34.2 Å². The van der Waals surface area contributed by atoms with Crippen LogP contribution in [0.4, 0.5) is 5.69 Å². The first-order valence-corrected chi connectivity index (χ1v) is 4.47. The van der Waals surface area contributed by atoms with Crippen molar-refractivity contribution in [3.63, 3.8) is 0 Å². The molecule has 13 heavy (non-hydrogen) atoms. The molecule has 0 fully saturated rings. The summed E-state index contributed by atoms with van der Waals surface area (Å²) in [6, 6.07) is 3.27. The van der Waals surface area contributed by atoms with Crippen molar-refractivity contribution in [2.45, 2.75) is 6.61 Å². The van der Waals surface area contributed by atoms with Crippen LogP contribution in [0.2, 0.25) is 0 Å². The van der Waals surface area contributed by atoms with E-state index in [9.17, 15) is 9.93 Å². The zero-order valence-electron chi connectivity index (χ0n) is 6.53. The molecule has 0 unspecified atom stereocenters. The predicted octanol–water partition coefficient (Wildman–Crippen LogP) is 1.06. The summed E-state index contributed by atoms with van der Waals surface area (Å²) in [6.07, 6.45) is 0. The number of benzene rings is 1. The average molecular weight is 242 g/mol. The largest absolute Gasteiger partial charge is 0.494 e. The lowest BCUT2D eigenvalue weighted by molar-refractivity contribution is 0.275. The van der Waals surface area contributed by atoms with E-state index in [0.717, 1.165) is 10.0 Å². The number of rotatable bonds is 1. The fourth-order valence-electron chi connectivity index (χ4n) is 1.37. The number of nitroso groups, excluding NO2 is 1. The Hall–Kier alpha value is -0.715. The standard InChI is InChI=1S/C7H5BBrNO3/c9-5-1-2-6(10-12)7-4(5)3-13-8(7)11/h1-2,11H,3H2. The number of nitrogens with zero attached hydrogens (tertiary/aromatic N) is 1. The Morgan fingerprint density at radius 3 is 3.08 bits per heavy atom. The minimum Gasteiger partial charge on any atom is -0.423 e. The van der Waals surface area contributed by atoms with Crippen molar-refractivity contribution < 1.29 is 9.68 Å². The van der Waals surface area contributed by atoms with E-state index in [4.69, 9.17) is 4.65 Å². The molecule has 0 amide bonds. The van der Waals surface area contributed by atoms with E-state index in [-0.39, 0.29) is 5.69 Å². The van der Waals surface area contributed by atoms with Crippen LogP contribution >= 0.6 is 15.9 Å². The molecule has 4 nitrogen and oxygen atoms in total. The van der Waals surface area contributed by atoms with Gasteiger partial charge in [0.15, 0.2) is 0 Å². The quantitative estimate of drug-likeness (QED) is 0.591. The molecule has 1 aromatic rings. The third-order valence-electron chi connectivity index (χ3n) is 2.01. The van der Waals surface area contributed by atoms with Gasteiger partial charge in [0.05, 0.1) is 6.61 Å². The molecular formula is C7H5BBrNO3. The number of halogens is 1. The van der Waals surface area contributed by atoms with Gasteiger partial charge in [-0.25, -0.2) is 0 Å². The predicted molar refractivity (Wildman–Crippen MR) is 52.0 cm³/mol. The monoisotopic (exact) mass is 241 g/mol. The van der Waals surface area contributed by atoms with Crippen LogP contribution in [0.3, 0.4) is 0 Å². The number of fused-ring (bicyclic) bond motifs is 1. The zero-order chi connectivity index (χ0) is 9.42. The maximum absolute atomic E-state index is 10.4. The SMILES string of the molecule is O=Nc1ccc(Br)c2c1B(O)OC2. The first-order chi connectivity index (χ1) is 6.24. The molecule has 1 aromatic carbocycles. The second-order valence-electron chi connectivity index (χ2n) is 2.71. The van der Waals surface area contributed by atoms with Gasteiger partial charge in [-0.2, -0.15) is 0 Å². The molecule has 0 bridgehead atoms. The summed E-state index contributed by atoms with van der Waals surface area (Å²) in [5.41, 5.74) is 1.51. The molecule has 1 aliphatic heterocycles. The first kappa shape index (κ1) is 8.86. The summed E-state index contributed by atoms with van der Waals surface area (Å²) in [7, 11) is -1.03. The Morgan fingerprint density at radius 2 is 2.38 bits per heavy atom. The number of hydrogen-bond acceptors (Lipinski definition) is 4. The summed E-state index contributed by atoms with van der Waals surface area (Å²) in [6.45, 7) is 0.306. The normalized spacial score (nSPS) is 14.5. The summed E-state index contributed by atoms with van der Waals surface area (Å²) in [5.74, 6) is 0. The summed E-state index contributed by atoms with van der Waals surface area (Å²) < 4.78 is 5.80. The van der Waals surface area contributed by atoms with Crippen LogP contribution in [0.25, 0.3) is 0 Å². The van der Waals surface area contributed by atoms with E-state index in [2.05, 4.69) is 21.1 Å². The molecule has 1 aliphatic rings. The fourth-order valence-corrected chi connectivity index (χ4v) is 1.83. The molecule has 2 rings (SSSR count). The van der Waals surface area contributed by atoms with Crippen molar-refractivity contribution in [3.8, 4) is 0 Å². The molecule has 0 saturated heterocycles. The molecule has 0 spiro atoms. The van der Waals surface area contributed by atoms with Gasteiger partial charge in [0, 0.05) is 9.94 Å². The molecule has 1 heterocycles. The highest BCUT2D eigenvalue weighted by Gasteiger charge is 2.32. The molecule has 0 atom stereocenters. The van der Waals surface area contributed by atoms with Crippen molar-refractivity contribution in [3.05, 3.63) is 27.1 Å². The molecule has 1 N–H and O–H groups in total. The summed E-state index contributed by atoms with van der Waals surface area (Å²) in [5, 5.41) is 12.2. The fraction of sp³-hybridized carbons (Fsp3) is 0.143. The van der Waals surface area contributed by atoms with Crippen LogP contribution in [-0.2, 0) is 11.3 Å². The van der Waals surface area contributed by atoms with Crippen LogP contribution < -0.4 is 5.46 Å². The van der Waals surface area contributed by atoms with Gasteiger partial charge in [0.2, 0.25) is 0 Å². The lowest BCUT2D eigenvalue weighted by Gasteiger charge is -2.01. The molecule has 0 radical (unpaired) electrons. The van der Waals surface area contributed by atoms with Crippen molar-refractivity contribution in [1.82, 2.24) is 0 Å². The van der Waals surface area contributed by atoms with E-state index in [1.54, 1.807) is 12.1 Å². The summed E-state index contributed by atoms with van der Waals surface area (Å²) >= 11 is 3.30. The third-order valence-corrected chi connectivity index (χ3v) is 2.75. The van der Waals surface area contributed by atoms with Crippen LogP contribution in [0.5, 0.6) is 0 Å². The maximum atomic E-state index is 10.4. The van der Waals surface area contributed by atoms with Crippen molar-refractivity contribution in [2.24, 2.45) is 5.18 Å². The zero-order valence-corrected chi connectivity index (χ0v) is 8.11. The Balaban J connectivity index is 2.66. The lowest BCUT2D eigenvalue weighted by atomic mass is 9.78. The minimum absolute atomic E-state index is 0.239. The smallest absolute Gasteiger partial charge is 0.423 e. The Morgan fingerprint density at radius 1 is 1.62 bits per heavy atom. The van der Waals surface area contributed by atoms with Gasteiger partial charge in [-0.1, -0.05) is 15.9 Å². The van der Waals surface area contributed by atoms with Crippen LogP contribution in [-0.4, -0.2) is 12.1 Å². The highest BCUT2D eigenvalue weighted by molar-refractivity contribution is 9.10. The van der Waals surface area contributed by atoms with E-state index < -0.39 is 7.12 Å². The van der Waals surface area contributed by atoms with Gasteiger partial charge in [0.25, 0.3) is 0 Å². The second-order valence-corrected chi connectivity index (χ2v) is 3.57. The Kier molecular flexibility index (Phi) is 2.19. The number of hydrogen-bond donors (Lipinski definition) is 1. The second kappa shape index (κ2) is 3.21. The molecule has 6 heteroatoms. The van der Waals surface area contributed by atoms with Crippen LogP contribution in [0.1, 0.15) is 5.56 Å². The Bertz CT molecular complexity index is 371. The molecule has 0 aliphatic carbocycles. The molecule has 0 aromatic heterocycles. The molecular weight excluding hydrogens is 237 g/mol. The molecule has 66 valence electrons. The van der Waals surface area contributed by atoms with Crippen LogP contribution in [0, 0.1) is 4.91 Å². The average Bonchev–Trinajstić information content (AvgIpc) is 2.51. The van der Waals surface area contributed by atoms with Crippen molar-refractivity contribution in [1.29, 1.82) is 0 Å². The van der Waals surface area contributed by atoms with E-state index in [1.165, 1.54) is 0 Å². The maximum Gasteiger partial charge on any atom is 0.494 e. The topological polar surface area (TPSA) is 58.9 Å². The van der Waals surface area contributed by atoms with Crippen molar-refractivity contribution in [2.75, 3.05) is 0 Å². The van der Waals surface area contributed by atoms with Crippen LogP contribution in [0.15, 0.2) is 21.8 Å². The Labute approximate surface area is 83.2 Å². The van der Waals surface area contributed by atoms with Gasteiger partial charge >= 0.3 is 7.12 Å². The van der Waals surface area contributed by atoms with Gasteiger partial charge in [-0.3, -0.25) is 0 Å². The van der Waals surface area contributed by atoms with E-state index >= 15 is 0 Å². The van der Waals surface area contributed by atoms with E-state index in [1.807, 2.05) is 0 Å². The van der Waals surface area contributed by atoms with Gasteiger partial charge in [-0.05, 0) is 22.9 Å². The lowest BCUT2D eigenvalue weighted by Crippen LogP contribution is -2.28. The third kappa shape index (κ3) is 1.31. The highest BCUT2D eigenvalue weighted by atomic mass is 79.9. The molecule has 0 saturated carbocycles. The van der Waals surface area contributed by atoms with E-state index in [0.29, 0.717) is 12.1 Å². The van der Waals surface area contributed by atoms with Gasteiger partial charge in [0.1, 0.15) is 5.69 Å². The summed E-state index contributed by atoms with van der Waals surface area (Å²) in [4.78, 5) is 10.4.